The van der Waals surface area contributed by atoms with Gasteiger partial charge in [-0.15, -0.1) is 11.3 Å². The zero-order valence-electron chi connectivity index (χ0n) is 12.1. The van der Waals surface area contributed by atoms with Crippen LogP contribution in [0, 0.1) is 0 Å². The molecular formula is C16H15ClN4S. The third-order valence-corrected chi connectivity index (χ3v) is 4.34. The number of benzene rings is 1. The van der Waals surface area contributed by atoms with Crippen LogP contribution in [0.4, 0.5) is 0 Å². The Morgan fingerprint density at radius 2 is 1.82 bits per heavy atom. The summed E-state index contributed by atoms with van der Waals surface area (Å²) in [6, 6.07) is 9.60. The van der Waals surface area contributed by atoms with Crippen molar-refractivity contribution in [1.82, 2.24) is 19.9 Å². The van der Waals surface area contributed by atoms with E-state index in [0.717, 1.165) is 28.0 Å². The monoisotopic (exact) mass is 330 g/mol. The van der Waals surface area contributed by atoms with E-state index in [9.17, 15) is 0 Å². The molecular weight excluding hydrogens is 316 g/mol. The number of halogens is 1. The number of aromatic nitrogens is 3. The number of thiazole rings is 1. The summed E-state index contributed by atoms with van der Waals surface area (Å²) >= 11 is 7.65. The standard InChI is InChI=1S/C16H15ClN4S/c1-21(11-14-18-9-10-22-14)15(16-19-7-2-8-20-16)12-3-5-13(17)6-4-12/h2-10,15H,11H2,1H3/t15-/m1/s1. The number of hydrogen-bond donors (Lipinski definition) is 0. The summed E-state index contributed by atoms with van der Waals surface area (Å²) in [6.45, 7) is 0.739. The summed E-state index contributed by atoms with van der Waals surface area (Å²) in [6.07, 6.45) is 5.36. The van der Waals surface area contributed by atoms with Crippen LogP contribution in [0.1, 0.15) is 22.4 Å². The second-order valence-corrected chi connectivity index (χ2v) is 6.32. The predicted octanol–water partition coefficient (Wildman–Crippen LogP) is 3.81. The van der Waals surface area contributed by atoms with Crippen molar-refractivity contribution in [3.05, 3.63) is 75.7 Å². The Labute approximate surface area is 138 Å². The van der Waals surface area contributed by atoms with Crippen LogP contribution in [0.25, 0.3) is 0 Å². The quantitative estimate of drug-likeness (QED) is 0.713. The van der Waals surface area contributed by atoms with Crippen LogP contribution < -0.4 is 0 Å². The molecule has 4 nitrogen and oxygen atoms in total. The zero-order valence-corrected chi connectivity index (χ0v) is 13.6. The van der Waals surface area contributed by atoms with Gasteiger partial charge < -0.3 is 0 Å². The van der Waals surface area contributed by atoms with E-state index < -0.39 is 0 Å². The van der Waals surface area contributed by atoms with E-state index in [2.05, 4.69) is 26.9 Å². The molecule has 0 aliphatic carbocycles. The molecule has 0 fully saturated rings. The van der Waals surface area contributed by atoms with Gasteiger partial charge in [-0.3, -0.25) is 4.90 Å². The first-order chi connectivity index (χ1) is 10.7. The van der Waals surface area contributed by atoms with E-state index >= 15 is 0 Å². The zero-order chi connectivity index (χ0) is 15.4. The maximum Gasteiger partial charge on any atom is 0.149 e. The van der Waals surface area contributed by atoms with E-state index in [-0.39, 0.29) is 6.04 Å². The highest BCUT2D eigenvalue weighted by Gasteiger charge is 2.22. The first-order valence-corrected chi connectivity index (χ1v) is 8.11. The van der Waals surface area contributed by atoms with Gasteiger partial charge in [-0.25, -0.2) is 15.0 Å². The van der Waals surface area contributed by atoms with Gasteiger partial charge in [0.15, 0.2) is 0 Å². The minimum absolute atomic E-state index is 0.0395. The number of nitrogens with zero attached hydrogens (tertiary/aromatic N) is 4. The average Bonchev–Trinajstić information content (AvgIpc) is 3.03. The lowest BCUT2D eigenvalue weighted by atomic mass is 10.0. The van der Waals surface area contributed by atoms with E-state index in [1.807, 2.05) is 41.9 Å². The van der Waals surface area contributed by atoms with Crippen molar-refractivity contribution in [2.45, 2.75) is 12.6 Å². The van der Waals surface area contributed by atoms with Gasteiger partial charge in [0.2, 0.25) is 0 Å². The molecule has 0 saturated carbocycles. The van der Waals surface area contributed by atoms with Gasteiger partial charge in [0.25, 0.3) is 0 Å². The van der Waals surface area contributed by atoms with Crippen molar-refractivity contribution in [2.75, 3.05) is 7.05 Å². The first kappa shape index (κ1) is 15.1. The molecule has 0 aliphatic heterocycles. The molecule has 1 aromatic carbocycles. The fourth-order valence-electron chi connectivity index (χ4n) is 2.33. The van der Waals surface area contributed by atoms with Gasteiger partial charge in [0.05, 0.1) is 12.6 Å². The maximum atomic E-state index is 6.00. The summed E-state index contributed by atoms with van der Waals surface area (Å²) in [4.78, 5) is 15.4. The van der Waals surface area contributed by atoms with Gasteiger partial charge in [-0.05, 0) is 30.8 Å². The molecule has 0 saturated heterocycles. The van der Waals surface area contributed by atoms with Crippen molar-refractivity contribution < 1.29 is 0 Å². The van der Waals surface area contributed by atoms with Gasteiger partial charge in [-0.2, -0.15) is 0 Å². The Kier molecular flexibility index (Phi) is 4.77. The molecule has 3 aromatic rings. The maximum absolute atomic E-state index is 6.00. The predicted molar refractivity (Wildman–Crippen MR) is 88.9 cm³/mol. The summed E-state index contributed by atoms with van der Waals surface area (Å²) in [7, 11) is 2.05. The van der Waals surface area contributed by atoms with Gasteiger partial charge in [0.1, 0.15) is 10.8 Å². The Balaban J connectivity index is 1.93. The molecule has 6 heteroatoms. The van der Waals surface area contributed by atoms with Crippen LogP contribution in [-0.4, -0.2) is 26.9 Å². The van der Waals surface area contributed by atoms with Crippen molar-refractivity contribution in [3.63, 3.8) is 0 Å². The molecule has 1 atom stereocenters. The highest BCUT2D eigenvalue weighted by atomic mass is 35.5. The van der Waals surface area contributed by atoms with Crippen LogP contribution in [0.5, 0.6) is 0 Å². The Morgan fingerprint density at radius 1 is 1.09 bits per heavy atom. The van der Waals surface area contributed by atoms with E-state index in [4.69, 9.17) is 11.6 Å². The largest absolute Gasteiger partial charge is 0.286 e. The van der Waals surface area contributed by atoms with Crippen LogP contribution in [-0.2, 0) is 6.54 Å². The lowest BCUT2D eigenvalue weighted by molar-refractivity contribution is 0.261. The fraction of sp³-hybridized carbons (Fsp3) is 0.188. The summed E-state index contributed by atoms with van der Waals surface area (Å²) < 4.78 is 0. The Hall–Kier alpha value is -1.82. The molecule has 3 rings (SSSR count). The lowest BCUT2D eigenvalue weighted by Gasteiger charge is -2.26. The molecule has 0 amide bonds. The number of rotatable bonds is 5. The molecule has 2 aromatic heterocycles. The smallest absolute Gasteiger partial charge is 0.149 e. The molecule has 0 radical (unpaired) electrons. The van der Waals surface area contributed by atoms with Crippen LogP contribution >= 0.6 is 22.9 Å². The number of hydrogen-bond acceptors (Lipinski definition) is 5. The lowest BCUT2D eigenvalue weighted by Crippen LogP contribution is -2.26. The first-order valence-electron chi connectivity index (χ1n) is 6.85. The van der Waals surface area contributed by atoms with Crippen LogP contribution in [0.2, 0.25) is 5.02 Å². The Morgan fingerprint density at radius 3 is 2.45 bits per heavy atom. The van der Waals surface area contributed by atoms with Crippen molar-refractivity contribution in [3.8, 4) is 0 Å². The molecule has 0 aliphatic rings. The van der Waals surface area contributed by atoms with Crippen molar-refractivity contribution in [1.29, 1.82) is 0 Å². The molecule has 0 bridgehead atoms. The average molecular weight is 331 g/mol. The SMILES string of the molecule is CN(Cc1nccs1)[C@H](c1ccc(Cl)cc1)c1ncccn1. The molecule has 112 valence electrons. The molecule has 0 unspecified atom stereocenters. The summed E-state index contributed by atoms with van der Waals surface area (Å²) in [5.74, 6) is 0.767. The van der Waals surface area contributed by atoms with Crippen molar-refractivity contribution in [2.24, 2.45) is 0 Å². The third-order valence-electron chi connectivity index (χ3n) is 3.32. The van der Waals surface area contributed by atoms with Gasteiger partial charge in [0, 0.05) is 29.0 Å². The van der Waals surface area contributed by atoms with E-state index in [0.29, 0.717) is 0 Å². The van der Waals surface area contributed by atoms with E-state index in [1.165, 1.54) is 0 Å². The topological polar surface area (TPSA) is 41.9 Å². The molecule has 22 heavy (non-hydrogen) atoms. The minimum atomic E-state index is -0.0395. The van der Waals surface area contributed by atoms with Crippen LogP contribution in [0.15, 0.2) is 54.3 Å². The minimum Gasteiger partial charge on any atom is -0.286 e. The third kappa shape index (κ3) is 3.50. The normalized spacial score (nSPS) is 12.5. The molecule has 2 heterocycles. The highest BCUT2D eigenvalue weighted by Crippen LogP contribution is 2.27. The molecule has 0 N–H and O–H groups in total. The van der Waals surface area contributed by atoms with Gasteiger partial charge >= 0.3 is 0 Å². The Bertz CT molecular complexity index is 701. The van der Waals surface area contributed by atoms with Crippen molar-refractivity contribution >= 4 is 22.9 Å². The highest BCUT2D eigenvalue weighted by molar-refractivity contribution is 7.09. The fourth-order valence-corrected chi connectivity index (χ4v) is 3.14. The van der Waals surface area contributed by atoms with Crippen LogP contribution in [0.3, 0.4) is 0 Å². The second kappa shape index (κ2) is 6.96. The summed E-state index contributed by atoms with van der Waals surface area (Å²) in [5, 5.41) is 3.77. The summed E-state index contributed by atoms with van der Waals surface area (Å²) in [5.41, 5.74) is 1.11. The second-order valence-electron chi connectivity index (χ2n) is 4.90. The van der Waals surface area contributed by atoms with E-state index in [1.54, 1.807) is 23.7 Å². The molecule has 0 spiro atoms. The van der Waals surface area contributed by atoms with Gasteiger partial charge in [-0.1, -0.05) is 23.7 Å².